The van der Waals surface area contributed by atoms with E-state index in [-0.39, 0.29) is 17.3 Å². The number of sulfonamides is 1. The average molecular weight is 469 g/mol. The summed E-state index contributed by atoms with van der Waals surface area (Å²) in [6.07, 6.45) is 0.668. The van der Waals surface area contributed by atoms with Crippen LogP contribution in [0.3, 0.4) is 0 Å². The maximum absolute atomic E-state index is 13.2. The van der Waals surface area contributed by atoms with E-state index in [1.807, 2.05) is 13.8 Å². The van der Waals surface area contributed by atoms with Crippen LogP contribution in [0.25, 0.3) is 0 Å². The zero-order chi connectivity index (χ0) is 20.6. The van der Waals surface area contributed by atoms with E-state index in [9.17, 15) is 13.2 Å². The second-order valence-corrected chi connectivity index (χ2v) is 8.98. The monoisotopic (exact) mass is 468 g/mol. The molecule has 2 rings (SSSR count). The molecule has 1 amide bonds. The summed E-state index contributed by atoms with van der Waals surface area (Å²) in [6.45, 7) is 5.09. The van der Waals surface area contributed by atoms with Gasteiger partial charge in [-0.1, -0.05) is 39.7 Å². The Hall–Kier alpha value is -1.90. The van der Waals surface area contributed by atoms with Gasteiger partial charge in [-0.15, -0.1) is 0 Å². The van der Waals surface area contributed by atoms with Crippen LogP contribution in [0.15, 0.2) is 57.9 Å². The molecule has 2 aromatic rings. The van der Waals surface area contributed by atoms with E-state index in [1.54, 1.807) is 48.5 Å². The Morgan fingerprint density at radius 3 is 2.54 bits per heavy atom. The van der Waals surface area contributed by atoms with Gasteiger partial charge in [-0.05, 0) is 50.6 Å². The SMILES string of the molecule is CCOCCCNC(=O)CN(c1cccc(Br)c1)S(=O)(=O)c1ccc(C)cc1. The van der Waals surface area contributed by atoms with Crippen LogP contribution in [0.4, 0.5) is 5.69 Å². The number of carbonyl (C=O) groups excluding carboxylic acids is 1. The Balaban J connectivity index is 2.23. The number of nitrogens with zero attached hydrogens (tertiary/aromatic N) is 1. The van der Waals surface area contributed by atoms with Crippen LogP contribution < -0.4 is 9.62 Å². The van der Waals surface area contributed by atoms with Gasteiger partial charge in [-0.2, -0.15) is 0 Å². The molecule has 0 heterocycles. The maximum atomic E-state index is 13.2. The van der Waals surface area contributed by atoms with E-state index in [4.69, 9.17) is 4.74 Å². The number of hydrogen-bond donors (Lipinski definition) is 1. The summed E-state index contributed by atoms with van der Waals surface area (Å²) in [7, 11) is -3.89. The lowest BCUT2D eigenvalue weighted by atomic mass is 10.2. The lowest BCUT2D eigenvalue weighted by molar-refractivity contribution is -0.119. The van der Waals surface area contributed by atoms with Gasteiger partial charge in [0.05, 0.1) is 10.6 Å². The molecule has 2 aromatic carbocycles. The highest BCUT2D eigenvalue weighted by Crippen LogP contribution is 2.26. The van der Waals surface area contributed by atoms with Crippen molar-refractivity contribution in [3.63, 3.8) is 0 Å². The Bertz CT molecular complexity index is 885. The smallest absolute Gasteiger partial charge is 0.264 e. The van der Waals surface area contributed by atoms with Crippen molar-refractivity contribution >= 4 is 37.5 Å². The Labute approximate surface area is 175 Å². The zero-order valence-electron chi connectivity index (χ0n) is 16.0. The van der Waals surface area contributed by atoms with Crippen LogP contribution in [0.5, 0.6) is 0 Å². The second-order valence-electron chi connectivity index (χ2n) is 6.21. The van der Waals surface area contributed by atoms with Crippen molar-refractivity contribution in [3.05, 3.63) is 58.6 Å². The second kappa shape index (κ2) is 10.6. The van der Waals surface area contributed by atoms with Crippen LogP contribution in [0.1, 0.15) is 18.9 Å². The van der Waals surface area contributed by atoms with Crippen molar-refractivity contribution in [2.75, 3.05) is 30.6 Å². The fourth-order valence-electron chi connectivity index (χ4n) is 2.52. The standard InChI is InChI=1S/C20H25BrN2O4S/c1-3-27-13-5-12-22-20(24)15-23(18-7-4-6-17(21)14-18)28(25,26)19-10-8-16(2)9-11-19/h4,6-11,14H,3,5,12-13,15H2,1-2H3,(H,22,24). The van der Waals surface area contributed by atoms with E-state index >= 15 is 0 Å². The molecule has 0 saturated heterocycles. The highest BCUT2D eigenvalue weighted by atomic mass is 79.9. The summed E-state index contributed by atoms with van der Waals surface area (Å²) in [5, 5.41) is 2.75. The first-order chi connectivity index (χ1) is 13.3. The molecule has 6 nitrogen and oxygen atoms in total. The normalized spacial score (nSPS) is 11.2. The molecule has 0 aliphatic rings. The molecule has 0 radical (unpaired) electrons. The average Bonchev–Trinajstić information content (AvgIpc) is 2.66. The summed E-state index contributed by atoms with van der Waals surface area (Å²) in [5.74, 6) is -0.368. The highest BCUT2D eigenvalue weighted by Gasteiger charge is 2.27. The van der Waals surface area contributed by atoms with Gasteiger partial charge in [-0.25, -0.2) is 8.42 Å². The number of halogens is 1. The minimum Gasteiger partial charge on any atom is -0.382 e. The van der Waals surface area contributed by atoms with Crippen molar-refractivity contribution in [3.8, 4) is 0 Å². The molecule has 0 bridgehead atoms. The van der Waals surface area contributed by atoms with Gasteiger partial charge in [0.25, 0.3) is 10.0 Å². The fraction of sp³-hybridized carbons (Fsp3) is 0.350. The Kier molecular flexibility index (Phi) is 8.47. The number of nitrogens with one attached hydrogen (secondary N) is 1. The third-order valence-corrected chi connectivity index (χ3v) is 6.27. The number of rotatable bonds is 10. The van der Waals surface area contributed by atoms with E-state index in [1.165, 1.54) is 0 Å². The third kappa shape index (κ3) is 6.32. The van der Waals surface area contributed by atoms with E-state index in [0.29, 0.717) is 31.9 Å². The lowest BCUT2D eigenvalue weighted by Gasteiger charge is -2.24. The number of anilines is 1. The molecule has 1 N–H and O–H groups in total. The fourth-order valence-corrected chi connectivity index (χ4v) is 4.32. The van der Waals surface area contributed by atoms with E-state index in [0.717, 1.165) is 14.3 Å². The van der Waals surface area contributed by atoms with Gasteiger partial charge >= 0.3 is 0 Å². The van der Waals surface area contributed by atoms with Crippen LogP contribution in [0.2, 0.25) is 0 Å². The summed E-state index contributed by atoms with van der Waals surface area (Å²) in [6, 6.07) is 13.4. The number of benzene rings is 2. The van der Waals surface area contributed by atoms with Crippen molar-refractivity contribution < 1.29 is 17.9 Å². The first kappa shape index (κ1) is 22.4. The molecular weight excluding hydrogens is 444 g/mol. The summed E-state index contributed by atoms with van der Waals surface area (Å²) in [5.41, 5.74) is 1.37. The van der Waals surface area contributed by atoms with Crippen molar-refractivity contribution in [1.82, 2.24) is 5.32 Å². The van der Waals surface area contributed by atoms with Gasteiger partial charge in [0, 0.05) is 24.2 Å². The molecule has 0 spiro atoms. The number of ether oxygens (including phenoxy) is 1. The zero-order valence-corrected chi connectivity index (χ0v) is 18.4. The molecule has 0 aliphatic carbocycles. The predicted octanol–water partition coefficient (Wildman–Crippen LogP) is 3.50. The molecule has 0 aromatic heterocycles. The van der Waals surface area contributed by atoms with Gasteiger partial charge in [0.1, 0.15) is 6.54 Å². The quantitative estimate of drug-likeness (QED) is 0.541. The van der Waals surface area contributed by atoms with Crippen LogP contribution in [-0.2, 0) is 19.6 Å². The van der Waals surface area contributed by atoms with Crippen LogP contribution in [0, 0.1) is 6.92 Å². The number of aryl methyl sites for hydroxylation is 1. The number of carbonyl (C=O) groups is 1. The minimum atomic E-state index is -3.89. The number of hydrogen-bond acceptors (Lipinski definition) is 4. The first-order valence-corrected chi connectivity index (χ1v) is 11.3. The van der Waals surface area contributed by atoms with Crippen LogP contribution >= 0.6 is 15.9 Å². The minimum absolute atomic E-state index is 0.141. The molecular formula is C20H25BrN2O4S. The third-order valence-electron chi connectivity index (χ3n) is 3.98. The molecule has 0 aliphatic heterocycles. The molecule has 0 saturated carbocycles. The highest BCUT2D eigenvalue weighted by molar-refractivity contribution is 9.10. The Morgan fingerprint density at radius 2 is 1.89 bits per heavy atom. The molecule has 0 unspecified atom stereocenters. The molecule has 152 valence electrons. The Morgan fingerprint density at radius 1 is 1.18 bits per heavy atom. The predicted molar refractivity (Wildman–Crippen MR) is 114 cm³/mol. The van der Waals surface area contributed by atoms with Gasteiger partial charge in [-0.3, -0.25) is 9.10 Å². The molecule has 28 heavy (non-hydrogen) atoms. The summed E-state index contributed by atoms with van der Waals surface area (Å²) < 4.78 is 33.5. The van der Waals surface area contributed by atoms with Gasteiger partial charge < -0.3 is 10.1 Å². The lowest BCUT2D eigenvalue weighted by Crippen LogP contribution is -2.41. The molecule has 8 heteroatoms. The maximum Gasteiger partial charge on any atom is 0.264 e. The van der Waals surface area contributed by atoms with Crippen LogP contribution in [-0.4, -0.2) is 40.6 Å². The molecule has 0 fully saturated rings. The van der Waals surface area contributed by atoms with E-state index in [2.05, 4.69) is 21.2 Å². The largest absolute Gasteiger partial charge is 0.382 e. The summed E-state index contributed by atoms with van der Waals surface area (Å²) in [4.78, 5) is 12.5. The van der Waals surface area contributed by atoms with Crippen molar-refractivity contribution in [2.24, 2.45) is 0 Å². The van der Waals surface area contributed by atoms with Gasteiger partial charge in [0.2, 0.25) is 5.91 Å². The van der Waals surface area contributed by atoms with Gasteiger partial charge in [0.15, 0.2) is 0 Å². The first-order valence-electron chi connectivity index (χ1n) is 9.04. The number of amides is 1. The van der Waals surface area contributed by atoms with Crippen molar-refractivity contribution in [1.29, 1.82) is 0 Å². The summed E-state index contributed by atoms with van der Waals surface area (Å²) >= 11 is 3.36. The topological polar surface area (TPSA) is 75.7 Å². The van der Waals surface area contributed by atoms with E-state index < -0.39 is 10.0 Å². The molecule has 0 atom stereocenters. The van der Waals surface area contributed by atoms with Crippen molar-refractivity contribution in [2.45, 2.75) is 25.2 Å².